The van der Waals surface area contributed by atoms with Crippen LogP contribution in [-0.2, 0) is 6.54 Å². The standard InChI is InChI=1S/C16H16FNO/c1-11-7-8-13(15(17)9-11)10-18-16(19)14-6-4-3-5-12(14)2/h3-9H,10H2,1-2H3,(H,18,19). The molecule has 0 aliphatic carbocycles. The van der Waals surface area contributed by atoms with Crippen LogP contribution in [0.2, 0.25) is 0 Å². The summed E-state index contributed by atoms with van der Waals surface area (Å²) in [5.41, 5.74) is 2.89. The average molecular weight is 257 g/mol. The van der Waals surface area contributed by atoms with E-state index in [0.717, 1.165) is 11.1 Å². The molecule has 0 unspecified atom stereocenters. The largest absolute Gasteiger partial charge is 0.348 e. The van der Waals surface area contributed by atoms with E-state index in [9.17, 15) is 9.18 Å². The highest BCUT2D eigenvalue weighted by atomic mass is 19.1. The molecule has 2 aromatic rings. The zero-order valence-corrected chi connectivity index (χ0v) is 11.0. The number of nitrogens with one attached hydrogen (secondary N) is 1. The molecular formula is C16H16FNO. The van der Waals surface area contributed by atoms with Crippen molar-refractivity contribution in [3.05, 3.63) is 70.5 Å². The summed E-state index contributed by atoms with van der Waals surface area (Å²) in [5, 5.41) is 2.74. The normalized spacial score (nSPS) is 10.3. The first kappa shape index (κ1) is 13.3. The van der Waals surface area contributed by atoms with Gasteiger partial charge in [-0.25, -0.2) is 4.39 Å². The SMILES string of the molecule is Cc1ccc(CNC(=O)c2ccccc2C)c(F)c1. The van der Waals surface area contributed by atoms with Crippen LogP contribution < -0.4 is 5.32 Å². The molecule has 2 aromatic carbocycles. The molecule has 0 aromatic heterocycles. The molecule has 3 heteroatoms. The third-order valence-corrected chi connectivity index (χ3v) is 3.04. The van der Waals surface area contributed by atoms with Gasteiger partial charge >= 0.3 is 0 Å². The summed E-state index contributed by atoms with van der Waals surface area (Å²) in [7, 11) is 0. The molecular weight excluding hydrogens is 241 g/mol. The Morgan fingerprint density at radius 1 is 1.16 bits per heavy atom. The summed E-state index contributed by atoms with van der Waals surface area (Å²) in [6.07, 6.45) is 0. The first-order valence-corrected chi connectivity index (χ1v) is 6.17. The fraction of sp³-hybridized carbons (Fsp3) is 0.188. The van der Waals surface area contributed by atoms with Crippen LogP contribution in [0.3, 0.4) is 0 Å². The molecule has 98 valence electrons. The van der Waals surface area contributed by atoms with Crippen LogP contribution in [0, 0.1) is 19.7 Å². The van der Waals surface area contributed by atoms with Crippen molar-refractivity contribution in [3.63, 3.8) is 0 Å². The molecule has 0 saturated heterocycles. The van der Waals surface area contributed by atoms with Gasteiger partial charge in [0.2, 0.25) is 0 Å². The Morgan fingerprint density at radius 2 is 1.89 bits per heavy atom. The molecule has 0 heterocycles. The van der Waals surface area contributed by atoms with Crippen LogP contribution in [0.1, 0.15) is 27.0 Å². The number of carbonyl (C=O) groups is 1. The molecule has 0 aliphatic heterocycles. The second kappa shape index (κ2) is 5.65. The van der Waals surface area contributed by atoms with Crippen molar-refractivity contribution in [1.82, 2.24) is 5.32 Å². The van der Waals surface area contributed by atoms with E-state index in [1.807, 2.05) is 38.1 Å². The van der Waals surface area contributed by atoms with Crippen LogP contribution in [0.4, 0.5) is 4.39 Å². The lowest BCUT2D eigenvalue weighted by Gasteiger charge is -2.08. The molecule has 1 N–H and O–H groups in total. The van der Waals surface area contributed by atoms with E-state index in [1.54, 1.807) is 12.1 Å². The van der Waals surface area contributed by atoms with E-state index < -0.39 is 0 Å². The van der Waals surface area contributed by atoms with Crippen molar-refractivity contribution >= 4 is 5.91 Å². The Kier molecular flexibility index (Phi) is 3.95. The molecule has 0 atom stereocenters. The van der Waals surface area contributed by atoms with Gasteiger partial charge in [0.15, 0.2) is 0 Å². The van der Waals surface area contributed by atoms with Gasteiger partial charge in [-0.3, -0.25) is 4.79 Å². The summed E-state index contributed by atoms with van der Waals surface area (Å²) in [4.78, 5) is 12.0. The minimum atomic E-state index is -0.287. The lowest BCUT2D eigenvalue weighted by atomic mass is 10.1. The number of hydrogen-bond donors (Lipinski definition) is 1. The summed E-state index contributed by atoms with van der Waals surface area (Å²) in [6, 6.07) is 12.3. The van der Waals surface area contributed by atoms with E-state index in [-0.39, 0.29) is 18.3 Å². The second-order valence-corrected chi connectivity index (χ2v) is 4.59. The number of halogens is 1. The van der Waals surface area contributed by atoms with E-state index in [2.05, 4.69) is 5.32 Å². The number of rotatable bonds is 3. The lowest BCUT2D eigenvalue weighted by Crippen LogP contribution is -2.24. The second-order valence-electron chi connectivity index (χ2n) is 4.59. The van der Waals surface area contributed by atoms with Gasteiger partial charge in [-0.2, -0.15) is 0 Å². The van der Waals surface area contributed by atoms with Crippen LogP contribution in [0.15, 0.2) is 42.5 Å². The van der Waals surface area contributed by atoms with Crippen molar-refractivity contribution in [2.75, 3.05) is 0 Å². The summed E-state index contributed by atoms with van der Waals surface area (Å²) < 4.78 is 13.6. The van der Waals surface area contributed by atoms with Gasteiger partial charge in [0, 0.05) is 17.7 Å². The van der Waals surface area contributed by atoms with Gasteiger partial charge in [-0.05, 0) is 37.1 Å². The predicted octanol–water partition coefficient (Wildman–Crippen LogP) is 3.37. The molecule has 0 aliphatic rings. The van der Waals surface area contributed by atoms with E-state index in [0.29, 0.717) is 11.1 Å². The third kappa shape index (κ3) is 3.19. The maximum atomic E-state index is 13.6. The minimum absolute atomic E-state index is 0.182. The zero-order valence-electron chi connectivity index (χ0n) is 11.0. The van der Waals surface area contributed by atoms with Crippen LogP contribution in [-0.4, -0.2) is 5.91 Å². The number of benzene rings is 2. The predicted molar refractivity (Wildman–Crippen MR) is 73.5 cm³/mol. The smallest absolute Gasteiger partial charge is 0.251 e. The van der Waals surface area contributed by atoms with Crippen molar-refractivity contribution in [1.29, 1.82) is 0 Å². The molecule has 1 amide bonds. The van der Waals surface area contributed by atoms with Crippen LogP contribution in [0.5, 0.6) is 0 Å². The van der Waals surface area contributed by atoms with Crippen LogP contribution >= 0.6 is 0 Å². The van der Waals surface area contributed by atoms with E-state index >= 15 is 0 Å². The number of carbonyl (C=O) groups excluding carboxylic acids is 1. The monoisotopic (exact) mass is 257 g/mol. The van der Waals surface area contributed by atoms with Gasteiger partial charge in [-0.15, -0.1) is 0 Å². The van der Waals surface area contributed by atoms with E-state index in [1.165, 1.54) is 6.07 Å². The molecule has 0 bridgehead atoms. The summed E-state index contributed by atoms with van der Waals surface area (Å²) in [6.45, 7) is 3.90. The molecule has 0 saturated carbocycles. The summed E-state index contributed by atoms with van der Waals surface area (Å²) in [5.74, 6) is -0.469. The topological polar surface area (TPSA) is 29.1 Å². The van der Waals surface area contributed by atoms with Crippen molar-refractivity contribution in [2.24, 2.45) is 0 Å². The molecule has 19 heavy (non-hydrogen) atoms. The molecule has 0 spiro atoms. The maximum absolute atomic E-state index is 13.6. The Bertz CT molecular complexity index is 607. The highest BCUT2D eigenvalue weighted by molar-refractivity contribution is 5.95. The lowest BCUT2D eigenvalue weighted by molar-refractivity contribution is 0.0950. The number of hydrogen-bond acceptors (Lipinski definition) is 1. The molecule has 0 radical (unpaired) electrons. The Balaban J connectivity index is 2.07. The minimum Gasteiger partial charge on any atom is -0.348 e. The number of amides is 1. The fourth-order valence-electron chi connectivity index (χ4n) is 1.89. The van der Waals surface area contributed by atoms with E-state index in [4.69, 9.17) is 0 Å². The van der Waals surface area contributed by atoms with Crippen LogP contribution in [0.25, 0.3) is 0 Å². The zero-order chi connectivity index (χ0) is 13.8. The third-order valence-electron chi connectivity index (χ3n) is 3.04. The number of aryl methyl sites for hydroxylation is 2. The van der Waals surface area contributed by atoms with Gasteiger partial charge in [-0.1, -0.05) is 30.3 Å². The van der Waals surface area contributed by atoms with Crippen molar-refractivity contribution < 1.29 is 9.18 Å². The molecule has 2 rings (SSSR count). The first-order valence-electron chi connectivity index (χ1n) is 6.17. The van der Waals surface area contributed by atoms with Gasteiger partial charge in [0.25, 0.3) is 5.91 Å². The van der Waals surface area contributed by atoms with Gasteiger partial charge < -0.3 is 5.32 Å². The van der Waals surface area contributed by atoms with Crippen molar-refractivity contribution in [2.45, 2.75) is 20.4 Å². The Hall–Kier alpha value is -2.16. The summed E-state index contributed by atoms with van der Waals surface area (Å²) >= 11 is 0. The Labute approximate surface area is 112 Å². The highest BCUT2D eigenvalue weighted by Crippen LogP contribution is 2.11. The quantitative estimate of drug-likeness (QED) is 0.897. The Morgan fingerprint density at radius 3 is 2.58 bits per heavy atom. The maximum Gasteiger partial charge on any atom is 0.251 e. The average Bonchev–Trinajstić information content (AvgIpc) is 2.38. The van der Waals surface area contributed by atoms with Crippen molar-refractivity contribution in [3.8, 4) is 0 Å². The molecule has 0 fully saturated rings. The highest BCUT2D eigenvalue weighted by Gasteiger charge is 2.09. The fourth-order valence-corrected chi connectivity index (χ4v) is 1.89. The van der Waals surface area contributed by atoms with Gasteiger partial charge in [0.1, 0.15) is 5.82 Å². The van der Waals surface area contributed by atoms with Gasteiger partial charge in [0.05, 0.1) is 0 Å². The molecule has 2 nitrogen and oxygen atoms in total. The first-order chi connectivity index (χ1) is 9.08.